The van der Waals surface area contributed by atoms with E-state index in [4.69, 9.17) is 0 Å². The number of thioether (sulfide) groups is 1. The van der Waals surface area contributed by atoms with Gasteiger partial charge in [-0.1, -0.05) is 33.6 Å². The van der Waals surface area contributed by atoms with Gasteiger partial charge in [-0.25, -0.2) is 0 Å². The third-order valence-electron chi connectivity index (χ3n) is 2.30. The predicted octanol–water partition coefficient (Wildman–Crippen LogP) is 3.53. The van der Waals surface area contributed by atoms with Crippen LogP contribution in [0.25, 0.3) is 0 Å². The Bertz CT molecular complexity index is 134. The van der Waals surface area contributed by atoms with Crippen molar-refractivity contribution in [2.24, 2.45) is 5.92 Å². The normalized spacial score (nSPS) is 12.8. The van der Waals surface area contributed by atoms with Gasteiger partial charge in [0, 0.05) is 5.92 Å². The highest BCUT2D eigenvalue weighted by molar-refractivity contribution is 7.99. The van der Waals surface area contributed by atoms with Crippen LogP contribution < -0.4 is 0 Å². The van der Waals surface area contributed by atoms with Crippen molar-refractivity contribution in [1.82, 2.24) is 0 Å². The second-order valence-corrected chi connectivity index (χ2v) is 4.64. The van der Waals surface area contributed by atoms with Crippen molar-refractivity contribution < 1.29 is 4.79 Å². The number of carbonyl (C=O) groups excluding carboxylic acids is 1. The molecule has 0 radical (unpaired) electrons. The molecular formula is C11H22OS. The maximum absolute atomic E-state index is 11.4. The molecule has 0 aliphatic carbocycles. The van der Waals surface area contributed by atoms with Gasteiger partial charge in [0.15, 0.2) is 0 Å². The molecule has 0 saturated heterocycles. The van der Waals surface area contributed by atoms with Gasteiger partial charge in [-0.2, -0.15) is 11.8 Å². The molecule has 1 atom stereocenters. The quantitative estimate of drug-likeness (QED) is 0.560. The van der Waals surface area contributed by atoms with Crippen molar-refractivity contribution in [1.29, 1.82) is 0 Å². The van der Waals surface area contributed by atoms with Crippen LogP contribution in [0.5, 0.6) is 0 Å². The molecule has 0 fully saturated rings. The molecule has 1 unspecified atom stereocenters. The van der Waals surface area contributed by atoms with Gasteiger partial charge in [-0.05, 0) is 18.6 Å². The highest BCUT2D eigenvalue weighted by Crippen LogP contribution is 2.10. The molecule has 1 nitrogen and oxygen atoms in total. The average Bonchev–Trinajstić information content (AvgIpc) is 2.16. The van der Waals surface area contributed by atoms with Gasteiger partial charge < -0.3 is 0 Å². The summed E-state index contributed by atoms with van der Waals surface area (Å²) in [6, 6.07) is 0. The summed E-state index contributed by atoms with van der Waals surface area (Å²) in [4.78, 5) is 11.4. The first kappa shape index (κ1) is 13.0. The van der Waals surface area contributed by atoms with Crippen molar-refractivity contribution >= 4 is 17.5 Å². The van der Waals surface area contributed by atoms with Gasteiger partial charge in [-0.3, -0.25) is 4.79 Å². The number of rotatable bonds is 8. The fraction of sp³-hybridized carbons (Fsp3) is 0.909. The molecule has 78 valence electrons. The van der Waals surface area contributed by atoms with E-state index in [1.165, 1.54) is 19.3 Å². The highest BCUT2D eigenvalue weighted by atomic mass is 32.2. The smallest absolute Gasteiger partial charge is 0.145 e. The zero-order valence-corrected chi connectivity index (χ0v) is 9.95. The maximum Gasteiger partial charge on any atom is 0.145 e. The van der Waals surface area contributed by atoms with Crippen LogP contribution in [0.4, 0.5) is 0 Å². The molecule has 0 aromatic heterocycles. The predicted molar refractivity (Wildman–Crippen MR) is 61.3 cm³/mol. The van der Waals surface area contributed by atoms with Crippen molar-refractivity contribution in [3.63, 3.8) is 0 Å². The fourth-order valence-corrected chi connectivity index (χ4v) is 2.04. The number of hydrogen-bond acceptors (Lipinski definition) is 2. The molecule has 0 N–H and O–H groups in total. The van der Waals surface area contributed by atoms with Crippen molar-refractivity contribution in [2.75, 3.05) is 11.5 Å². The summed E-state index contributed by atoms with van der Waals surface area (Å²) in [5.41, 5.74) is 0. The topological polar surface area (TPSA) is 17.1 Å². The SMILES string of the molecule is CCCCCSCC(=O)C(C)CC. The largest absolute Gasteiger partial charge is 0.298 e. The molecule has 0 aromatic rings. The summed E-state index contributed by atoms with van der Waals surface area (Å²) in [6.45, 7) is 6.30. The van der Waals surface area contributed by atoms with Gasteiger partial charge in [-0.15, -0.1) is 0 Å². The first-order valence-corrected chi connectivity index (χ1v) is 6.48. The Hall–Kier alpha value is 0.0200. The van der Waals surface area contributed by atoms with Crippen molar-refractivity contribution in [3.05, 3.63) is 0 Å². The Morgan fingerprint density at radius 2 is 2.00 bits per heavy atom. The van der Waals surface area contributed by atoms with Crippen molar-refractivity contribution in [3.8, 4) is 0 Å². The zero-order valence-electron chi connectivity index (χ0n) is 9.14. The number of unbranched alkanes of at least 4 members (excludes halogenated alkanes) is 2. The summed E-state index contributed by atoms with van der Waals surface area (Å²) in [5, 5.41) is 0. The van der Waals surface area contributed by atoms with E-state index in [1.807, 2.05) is 6.92 Å². The number of Topliss-reactive ketones (excluding diaryl/α,β-unsaturated/α-hetero) is 1. The van der Waals surface area contributed by atoms with Crippen LogP contribution in [0.2, 0.25) is 0 Å². The summed E-state index contributed by atoms with van der Waals surface area (Å²) >= 11 is 1.80. The summed E-state index contributed by atoms with van der Waals surface area (Å²) in [7, 11) is 0. The number of carbonyl (C=O) groups is 1. The molecule has 13 heavy (non-hydrogen) atoms. The van der Waals surface area contributed by atoms with Gasteiger partial charge >= 0.3 is 0 Å². The third-order valence-corrected chi connectivity index (χ3v) is 3.36. The van der Waals surface area contributed by atoms with Crippen LogP contribution in [0, 0.1) is 5.92 Å². The van der Waals surface area contributed by atoms with Gasteiger partial charge in [0.25, 0.3) is 0 Å². The molecule has 0 bridgehead atoms. The van der Waals surface area contributed by atoms with Crippen LogP contribution >= 0.6 is 11.8 Å². The minimum absolute atomic E-state index is 0.263. The molecule has 0 heterocycles. The Kier molecular flexibility index (Phi) is 8.62. The monoisotopic (exact) mass is 202 g/mol. The number of hydrogen-bond donors (Lipinski definition) is 0. The Morgan fingerprint density at radius 3 is 2.54 bits per heavy atom. The molecule has 2 heteroatoms. The molecule has 0 aliphatic heterocycles. The highest BCUT2D eigenvalue weighted by Gasteiger charge is 2.09. The van der Waals surface area contributed by atoms with E-state index in [2.05, 4.69) is 13.8 Å². The minimum atomic E-state index is 0.263. The third kappa shape index (κ3) is 7.12. The van der Waals surface area contributed by atoms with Gasteiger partial charge in [0.1, 0.15) is 5.78 Å². The standard InChI is InChI=1S/C11H22OS/c1-4-6-7-8-13-9-11(12)10(3)5-2/h10H,4-9H2,1-3H3. The first-order valence-electron chi connectivity index (χ1n) is 5.32. The molecule has 0 spiro atoms. The molecule has 0 amide bonds. The van der Waals surface area contributed by atoms with E-state index in [1.54, 1.807) is 11.8 Å². The lowest BCUT2D eigenvalue weighted by atomic mass is 10.1. The lowest BCUT2D eigenvalue weighted by molar-refractivity contribution is -0.119. The van der Waals surface area contributed by atoms with E-state index in [0.717, 1.165) is 17.9 Å². The zero-order chi connectivity index (χ0) is 10.1. The van der Waals surface area contributed by atoms with E-state index < -0.39 is 0 Å². The van der Waals surface area contributed by atoms with Gasteiger partial charge in [0.05, 0.1) is 5.75 Å². The molecular weight excluding hydrogens is 180 g/mol. The van der Waals surface area contributed by atoms with Crippen molar-refractivity contribution in [2.45, 2.75) is 46.5 Å². The second-order valence-electron chi connectivity index (χ2n) is 3.54. The average molecular weight is 202 g/mol. The summed E-state index contributed by atoms with van der Waals surface area (Å²) in [5.74, 6) is 2.55. The first-order chi connectivity index (χ1) is 6.22. The van der Waals surface area contributed by atoms with E-state index >= 15 is 0 Å². The lowest BCUT2D eigenvalue weighted by Gasteiger charge is -2.06. The maximum atomic E-state index is 11.4. The molecule has 0 aromatic carbocycles. The molecule has 0 saturated carbocycles. The Balaban J connectivity index is 3.27. The Labute approximate surface area is 86.7 Å². The van der Waals surface area contributed by atoms with Gasteiger partial charge in [0.2, 0.25) is 0 Å². The minimum Gasteiger partial charge on any atom is -0.298 e. The summed E-state index contributed by atoms with van der Waals surface area (Å²) in [6.07, 6.45) is 4.80. The lowest BCUT2D eigenvalue weighted by Crippen LogP contribution is -2.12. The van der Waals surface area contributed by atoms with Crippen LogP contribution in [-0.4, -0.2) is 17.3 Å². The van der Waals surface area contributed by atoms with Crippen LogP contribution in [0.15, 0.2) is 0 Å². The fourth-order valence-electron chi connectivity index (χ4n) is 0.997. The molecule has 0 rings (SSSR count). The Morgan fingerprint density at radius 1 is 1.31 bits per heavy atom. The molecule has 0 aliphatic rings. The number of ketones is 1. The van der Waals surface area contributed by atoms with E-state index in [-0.39, 0.29) is 5.92 Å². The summed E-state index contributed by atoms with van der Waals surface area (Å²) < 4.78 is 0. The van der Waals surface area contributed by atoms with E-state index in [0.29, 0.717) is 5.78 Å². The van der Waals surface area contributed by atoms with E-state index in [9.17, 15) is 4.79 Å². The van der Waals surface area contributed by atoms with Crippen LogP contribution in [-0.2, 0) is 4.79 Å². The second kappa shape index (κ2) is 8.61. The van der Waals surface area contributed by atoms with Crippen LogP contribution in [0.1, 0.15) is 46.5 Å². The van der Waals surface area contributed by atoms with Crippen LogP contribution in [0.3, 0.4) is 0 Å².